The average molecular weight is 636 g/mol. The fraction of sp³-hybridized carbons (Fsp3) is 0.167. The van der Waals surface area contributed by atoms with Gasteiger partial charge in [-0.15, -0.1) is 0 Å². The zero-order valence-corrected chi connectivity index (χ0v) is 22.2. The predicted molar refractivity (Wildman–Crippen MR) is 128 cm³/mol. The van der Waals surface area contributed by atoms with Crippen LogP contribution >= 0.6 is 92.8 Å². The molecule has 184 valence electrons. The number of halogens is 8. The normalized spacial score (nSPS) is 11.9. The van der Waals surface area contributed by atoms with Crippen molar-refractivity contribution in [3.05, 3.63) is 62.4 Å². The van der Waals surface area contributed by atoms with Gasteiger partial charge in [0.25, 0.3) is 0 Å². The van der Waals surface area contributed by atoms with Crippen molar-refractivity contribution in [3.8, 4) is 0 Å². The number of rotatable bonds is 8. The first-order valence-electron chi connectivity index (χ1n) is 8.38. The molecule has 2 aromatic carbocycles. The molecule has 34 heavy (non-hydrogen) atoms. The van der Waals surface area contributed by atoms with Crippen LogP contribution in [0, 0.1) is 0 Å². The van der Waals surface area contributed by atoms with Crippen molar-refractivity contribution in [2.45, 2.75) is 19.8 Å². The van der Waals surface area contributed by atoms with E-state index in [4.69, 9.17) is 107 Å². The molecular weight excluding hydrogens is 628 g/mol. The molecule has 0 fully saturated rings. The van der Waals surface area contributed by atoms with E-state index in [1.165, 1.54) is 6.92 Å². The number of esters is 1. The van der Waals surface area contributed by atoms with E-state index < -0.39 is 57.5 Å². The van der Waals surface area contributed by atoms with Crippen LogP contribution in [0.2, 0.25) is 40.2 Å². The summed E-state index contributed by atoms with van der Waals surface area (Å²) in [6.07, 6.45) is -1.48. The Morgan fingerprint density at radius 1 is 0.676 bits per heavy atom. The standard InChI is InChI=1S/C18H8Cl8O8/c1-3(33-18(31)7-6(17(29)30)10(21)14(25)15(26)11(7)22)34-32-2-4-5(16(27)28)9(20)13(24)12(23)8(4)19/h3H,2H2,1H3,(H,27,28)(H,29,30). The van der Waals surface area contributed by atoms with Crippen LogP contribution < -0.4 is 0 Å². The van der Waals surface area contributed by atoms with E-state index in [1.807, 2.05) is 0 Å². The summed E-state index contributed by atoms with van der Waals surface area (Å²) < 4.78 is 4.95. The molecule has 0 spiro atoms. The first-order valence-corrected chi connectivity index (χ1v) is 11.4. The summed E-state index contributed by atoms with van der Waals surface area (Å²) in [5, 5.41) is 15.9. The van der Waals surface area contributed by atoms with Crippen LogP contribution in [0.5, 0.6) is 0 Å². The number of carbonyl (C=O) groups excluding carboxylic acids is 1. The molecule has 0 aromatic heterocycles. The molecule has 0 radical (unpaired) electrons. The molecule has 2 rings (SSSR count). The van der Waals surface area contributed by atoms with Crippen LogP contribution in [0.15, 0.2) is 0 Å². The lowest BCUT2D eigenvalue weighted by Crippen LogP contribution is -2.21. The van der Waals surface area contributed by atoms with Gasteiger partial charge in [-0.05, 0) is 0 Å². The van der Waals surface area contributed by atoms with Gasteiger partial charge in [0.1, 0.15) is 6.61 Å². The quantitative estimate of drug-likeness (QED) is 0.0749. The third kappa shape index (κ3) is 5.90. The molecule has 0 aliphatic heterocycles. The van der Waals surface area contributed by atoms with Crippen LogP contribution in [-0.2, 0) is 21.1 Å². The molecule has 0 saturated carbocycles. The van der Waals surface area contributed by atoms with Gasteiger partial charge >= 0.3 is 17.9 Å². The smallest absolute Gasteiger partial charge is 0.343 e. The molecular formula is C18H8Cl8O8. The Bertz CT molecular complexity index is 1200. The van der Waals surface area contributed by atoms with Gasteiger partial charge < -0.3 is 14.9 Å². The second-order valence-electron chi connectivity index (χ2n) is 6.06. The lowest BCUT2D eigenvalue weighted by atomic mass is 10.1. The van der Waals surface area contributed by atoms with Crippen LogP contribution in [-0.4, -0.2) is 34.4 Å². The summed E-state index contributed by atoms with van der Waals surface area (Å²) in [6.45, 7) is 0.575. The van der Waals surface area contributed by atoms with Gasteiger partial charge in [0, 0.05) is 12.5 Å². The third-order valence-corrected chi connectivity index (χ3v) is 7.59. The maximum absolute atomic E-state index is 12.6. The number of ether oxygens (including phenoxy) is 1. The molecule has 0 bridgehead atoms. The highest BCUT2D eigenvalue weighted by Gasteiger charge is 2.31. The molecule has 16 heteroatoms. The first kappa shape index (κ1) is 29.3. The van der Waals surface area contributed by atoms with Crippen molar-refractivity contribution < 1.29 is 39.1 Å². The Hall–Kier alpha value is -0.910. The van der Waals surface area contributed by atoms with Crippen LogP contribution in [0.3, 0.4) is 0 Å². The van der Waals surface area contributed by atoms with Crippen molar-refractivity contribution in [3.63, 3.8) is 0 Å². The topological polar surface area (TPSA) is 119 Å². The number of carboxylic acids is 2. The maximum atomic E-state index is 12.6. The van der Waals surface area contributed by atoms with E-state index >= 15 is 0 Å². The number of hydrogen-bond acceptors (Lipinski definition) is 6. The zero-order chi connectivity index (χ0) is 26.1. The molecule has 0 saturated heterocycles. The molecule has 2 aromatic rings. The molecule has 0 aliphatic rings. The van der Waals surface area contributed by atoms with Gasteiger partial charge in [0.2, 0.25) is 6.29 Å². The number of benzene rings is 2. The molecule has 2 N–H and O–H groups in total. The highest BCUT2D eigenvalue weighted by Crippen LogP contribution is 2.43. The average Bonchev–Trinajstić information content (AvgIpc) is 2.75. The summed E-state index contributed by atoms with van der Waals surface area (Å²) in [5.41, 5.74) is -2.10. The number of carbonyl (C=O) groups is 3. The van der Waals surface area contributed by atoms with Gasteiger partial charge in [-0.25, -0.2) is 19.3 Å². The highest BCUT2D eigenvalue weighted by atomic mass is 35.5. The lowest BCUT2D eigenvalue weighted by molar-refractivity contribution is -0.369. The predicted octanol–water partition coefficient (Wildman–Crippen LogP) is 7.96. The van der Waals surface area contributed by atoms with Crippen molar-refractivity contribution in [2.24, 2.45) is 0 Å². The minimum Gasteiger partial charge on any atom is -0.478 e. The molecule has 0 amide bonds. The Kier molecular flexibility index (Phi) is 10.2. The van der Waals surface area contributed by atoms with Crippen molar-refractivity contribution in [2.75, 3.05) is 0 Å². The summed E-state index contributed by atoms with van der Waals surface area (Å²) >= 11 is 47.3. The maximum Gasteiger partial charge on any atom is 0.343 e. The summed E-state index contributed by atoms with van der Waals surface area (Å²) in [6, 6.07) is 0. The zero-order valence-electron chi connectivity index (χ0n) is 16.2. The monoisotopic (exact) mass is 632 g/mol. The van der Waals surface area contributed by atoms with Gasteiger partial charge in [-0.1, -0.05) is 92.8 Å². The van der Waals surface area contributed by atoms with E-state index in [2.05, 4.69) is 0 Å². The Morgan fingerprint density at radius 3 is 1.56 bits per heavy atom. The summed E-state index contributed by atoms with van der Waals surface area (Å²) in [5.74, 6) is -4.40. The fourth-order valence-electron chi connectivity index (χ4n) is 2.48. The van der Waals surface area contributed by atoms with Crippen molar-refractivity contribution in [1.82, 2.24) is 0 Å². The number of carboxylic acid groups (broad SMARTS) is 2. The Morgan fingerprint density at radius 2 is 1.09 bits per heavy atom. The second-order valence-corrected chi connectivity index (χ2v) is 9.08. The minimum atomic E-state index is -1.63. The number of hydrogen-bond donors (Lipinski definition) is 2. The van der Waals surface area contributed by atoms with Gasteiger partial charge in [-0.3, -0.25) is 0 Å². The Balaban J connectivity index is 2.23. The summed E-state index contributed by atoms with van der Waals surface area (Å²) in [7, 11) is 0. The van der Waals surface area contributed by atoms with Gasteiger partial charge in [-0.2, -0.15) is 4.89 Å². The minimum absolute atomic E-state index is 0.181. The van der Waals surface area contributed by atoms with Gasteiger partial charge in [0.05, 0.1) is 56.9 Å². The largest absolute Gasteiger partial charge is 0.478 e. The van der Waals surface area contributed by atoms with E-state index in [1.54, 1.807) is 0 Å². The lowest BCUT2D eigenvalue weighted by Gasteiger charge is -2.17. The molecule has 1 atom stereocenters. The highest BCUT2D eigenvalue weighted by molar-refractivity contribution is 6.54. The van der Waals surface area contributed by atoms with E-state index in [0.717, 1.165) is 0 Å². The van der Waals surface area contributed by atoms with Crippen molar-refractivity contribution >= 4 is 111 Å². The van der Waals surface area contributed by atoms with Crippen molar-refractivity contribution in [1.29, 1.82) is 0 Å². The van der Waals surface area contributed by atoms with Crippen LogP contribution in [0.1, 0.15) is 43.6 Å². The first-order chi connectivity index (χ1) is 15.7. The van der Waals surface area contributed by atoms with Crippen LogP contribution in [0.25, 0.3) is 0 Å². The fourth-order valence-corrected chi connectivity index (χ4v) is 4.52. The van der Waals surface area contributed by atoms with E-state index in [9.17, 15) is 24.6 Å². The third-order valence-electron chi connectivity index (χ3n) is 3.94. The van der Waals surface area contributed by atoms with Gasteiger partial charge in [0.15, 0.2) is 0 Å². The molecule has 0 heterocycles. The molecule has 0 aliphatic carbocycles. The number of aromatic carboxylic acids is 2. The second kappa shape index (κ2) is 11.9. The van der Waals surface area contributed by atoms with E-state index in [-0.39, 0.29) is 35.7 Å². The summed E-state index contributed by atoms with van der Waals surface area (Å²) in [4.78, 5) is 45.5. The Labute approximate surface area is 230 Å². The molecule has 1 unspecified atom stereocenters. The molecule has 8 nitrogen and oxygen atoms in total. The SMILES string of the molecule is CC(OOCc1c(Cl)c(Cl)c(Cl)c(Cl)c1C(=O)O)OC(=O)c1c(Cl)c(Cl)c(Cl)c(Cl)c1C(=O)O. The van der Waals surface area contributed by atoms with Crippen LogP contribution in [0.4, 0.5) is 0 Å². The van der Waals surface area contributed by atoms with E-state index in [0.29, 0.717) is 0 Å².